The van der Waals surface area contributed by atoms with Gasteiger partial charge >= 0.3 is 6.18 Å². The monoisotopic (exact) mass is 480 g/mol. The van der Waals surface area contributed by atoms with Gasteiger partial charge in [-0.1, -0.05) is 12.1 Å². The molecule has 0 aliphatic carbocycles. The van der Waals surface area contributed by atoms with Gasteiger partial charge in [-0.3, -0.25) is 0 Å². The molecule has 4 rings (SSSR count). The average Bonchev–Trinajstić information content (AvgIpc) is 3.28. The number of alkyl halides is 3. The first kappa shape index (κ1) is 24.5. The molecule has 0 bridgehead atoms. The average molecular weight is 481 g/mol. The van der Waals surface area contributed by atoms with Gasteiger partial charge in [-0.25, -0.2) is 0 Å². The van der Waals surface area contributed by atoms with Crippen molar-refractivity contribution in [3.63, 3.8) is 0 Å². The number of halogens is 3. The fraction of sp³-hybridized carbons (Fsp3) is 0.609. The number of ether oxygens (including phenoxy) is 2. The number of fused-ring (bicyclic) bond motifs is 1. The standard InChI is InChI=1S/C23H31F3N6O2/c24-23(25,26)22-29-28-20-7-8-21(30-32(20)22)31-12-9-18(10-13-31)17-3-5-19(6-4-17)34-15-2-1-14-33-16-11-27/h3-6,18H,1-2,7-16,27H2. The van der Waals surface area contributed by atoms with Crippen LogP contribution in [0.1, 0.15) is 55.2 Å². The fourth-order valence-corrected chi connectivity index (χ4v) is 4.35. The molecule has 1 aromatic heterocycles. The van der Waals surface area contributed by atoms with E-state index in [0.29, 0.717) is 51.0 Å². The van der Waals surface area contributed by atoms with Gasteiger partial charge in [0, 0.05) is 39.1 Å². The number of hydrogen-bond acceptors (Lipinski definition) is 7. The second-order valence-corrected chi connectivity index (χ2v) is 8.55. The van der Waals surface area contributed by atoms with Gasteiger partial charge in [0.1, 0.15) is 11.6 Å². The predicted molar refractivity (Wildman–Crippen MR) is 121 cm³/mol. The maximum absolute atomic E-state index is 13.2. The topological polar surface area (TPSA) is 90.8 Å². The molecule has 2 N–H and O–H groups in total. The van der Waals surface area contributed by atoms with Crippen molar-refractivity contribution >= 4 is 5.84 Å². The van der Waals surface area contributed by atoms with Crippen LogP contribution in [0.25, 0.3) is 0 Å². The van der Waals surface area contributed by atoms with E-state index < -0.39 is 12.0 Å². The first-order valence-electron chi connectivity index (χ1n) is 11.8. The van der Waals surface area contributed by atoms with E-state index in [1.807, 2.05) is 12.1 Å². The Kier molecular flexibility index (Phi) is 8.04. The molecule has 0 radical (unpaired) electrons. The number of piperidine rings is 1. The lowest BCUT2D eigenvalue weighted by molar-refractivity contribution is -0.147. The van der Waals surface area contributed by atoms with Crippen LogP contribution >= 0.6 is 0 Å². The normalized spacial score (nSPS) is 16.9. The van der Waals surface area contributed by atoms with Crippen molar-refractivity contribution in [1.29, 1.82) is 0 Å². The Morgan fingerprint density at radius 1 is 0.971 bits per heavy atom. The van der Waals surface area contributed by atoms with E-state index in [-0.39, 0.29) is 5.82 Å². The predicted octanol–water partition coefficient (Wildman–Crippen LogP) is 3.42. The number of likely N-dealkylation sites (tertiary alicyclic amines) is 1. The molecule has 0 unspecified atom stereocenters. The quantitative estimate of drug-likeness (QED) is 0.553. The molecule has 11 heteroatoms. The van der Waals surface area contributed by atoms with Crippen LogP contribution in [-0.2, 0) is 17.3 Å². The van der Waals surface area contributed by atoms with Crippen molar-refractivity contribution in [1.82, 2.24) is 19.8 Å². The summed E-state index contributed by atoms with van der Waals surface area (Å²) in [5.74, 6) is 1.13. The number of benzene rings is 1. The van der Waals surface area contributed by atoms with Crippen LogP contribution in [0.15, 0.2) is 29.4 Å². The molecule has 2 aromatic rings. The molecule has 1 aromatic carbocycles. The molecule has 0 spiro atoms. The molecule has 2 aliphatic heterocycles. The number of nitrogens with zero attached hydrogens (tertiary/aromatic N) is 5. The Balaban J connectivity index is 1.25. The van der Waals surface area contributed by atoms with Crippen LogP contribution in [0.5, 0.6) is 5.75 Å². The minimum absolute atomic E-state index is 0.258. The lowest BCUT2D eigenvalue weighted by Gasteiger charge is -2.35. The number of hydrogen-bond donors (Lipinski definition) is 1. The Hall–Kier alpha value is -2.66. The van der Waals surface area contributed by atoms with Gasteiger partial charge in [-0.2, -0.15) is 22.9 Å². The van der Waals surface area contributed by atoms with E-state index in [2.05, 4.69) is 32.3 Å². The highest BCUT2D eigenvalue weighted by Crippen LogP contribution is 2.32. The van der Waals surface area contributed by atoms with Crippen LogP contribution in [0, 0.1) is 0 Å². The van der Waals surface area contributed by atoms with E-state index in [0.717, 1.165) is 49.2 Å². The molecule has 0 saturated carbocycles. The highest BCUT2D eigenvalue weighted by molar-refractivity contribution is 5.83. The summed E-state index contributed by atoms with van der Waals surface area (Å²) in [5.41, 5.74) is 6.64. The molecule has 186 valence electrons. The number of aryl methyl sites for hydroxylation is 1. The van der Waals surface area contributed by atoms with Crippen LogP contribution in [0.2, 0.25) is 0 Å². The number of aromatic nitrogens is 3. The van der Waals surface area contributed by atoms with Crippen LogP contribution in [0.4, 0.5) is 13.2 Å². The number of nitrogens with two attached hydrogens (primary N) is 1. The number of amidine groups is 1. The maximum atomic E-state index is 13.2. The third-order valence-corrected chi connectivity index (χ3v) is 6.17. The summed E-state index contributed by atoms with van der Waals surface area (Å²) in [7, 11) is 0. The lowest BCUT2D eigenvalue weighted by atomic mass is 9.89. The summed E-state index contributed by atoms with van der Waals surface area (Å²) >= 11 is 0. The van der Waals surface area contributed by atoms with Crippen molar-refractivity contribution in [2.75, 3.05) is 39.5 Å². The summed E-state index contributed by atoms with van der Waals surface area (Å²) in [4.78, 5) is 2.09. The second kappa shape index (κ2) is 11.2. The number of rotatable bonds is 9. The molecular weight excluding hydrogens is 449 g/mol. The highest BCUT2D eigenvalue weighted by Gasteiger charge is 2.40. The minimum atomic E-state index is -4.57. The van der Waals surface area contributed by atoms with Crippen molar-refractivity contribution in [3.8, 4) is 5.75 Å². The van der Waals surface area contributed by atoms with Crippen molar-refractivity contribution < 1.29 is 22.6 Å². The van der Waals surface area contributed by atoms with Gasteiger partial charge in [-0.15, -0.1) is 10.2 Å². The summed E-state index contributed by atoms with van der Waals surface area (Å²) in [6.07, 6.45) is 0.120. The first-order chi connectivity index (χ1) is 16.5. The van der Waals surface area contributed by atoms with Crippen LogP contribution < -0.4 is 10.5 Å². The smallest absolute Gasteiger partial charge is 0.453 e. The van der Waals surface area contributed by atoms with Crippen molar-refractivity contribution in [3.05, 3.63) is 41.5 Å². The second-order valence-electron chi connectivity index (χ2n) is 8.55. The SMILES string of the molecule is NCCOCCCCOc1ccc(C2CCN(C3=Nn4c(nnc4C(F)(F)F)CC3)CC2)cc1. The van der Waals surface area contributed by atoms with Gasteiger partial charge in [0.25, 0.3) is 5.82 Å². The fourth-order valence-electron chi connectivity index (χ4n) is 4.35. The van der Waals surface area contributed by atoms with Gasteiger partial charge in [-0.05, 0) is 49.3 Å². The zero-order valence-electron chi connectivity index (χ0n) is 19.1. The number of unbranched alkanes of at least 4 members (excludes halogenated alkanes) is 1. The zero-order chi connectivity index (χ0) is 24.0. The van der Waals surface area contributed by atoms with Crippen LogP contribution in [0.3, 0.4) is 0 Å². The molecule has 8 nitrogen and oxygen atoms in total. The van der Waals surface area contributed by atoms with E-state index in [1.54, 1.807) is 0 Å². The van der Waals surface area contributed by atoms with E-state index >= 15 is 0 Å². The summed E-state index contributed by atoms with van der Waals surface area (Å²) < 4.78 is 51.5. The van der Waals surface area contributed by atoms with Crippen LogP contribution in [-0.4, -0.2) is 65.1 Å². The Bertz CT molecular complexity index is 953. The van der Waals surface area contributed by atoms with Gasteiger partial charge in [0.05, 0.1) is 13.2 Å². The van der Waals surface area contributed by atoms with E-state index in [1.165, 1.54) is 5.56 Å². The zero-order valence-corrected chi connectivity index (χ0v) is 19.1. The molecule has 1 fully saturated rings. The Labute approximate surface area is 196 Å². The lowest BCUT2D eigenvalue weighted by Crippen LogP contribution is -2.40. The Morgan fingerprint density at radius 3 is 2.41 bits per heavy atom. The molecular formula is C23H31F3N6O2. The molecule has 3 heterocycles. The summed E-state index contributed by atoms with van der Waals surface area (Å²) in [5, 5.41) is 11.2. The van der Waals surface area contributed by atoms with Gasteiger partial charge in [0.2, 0.25) is 0 Å². The van der Waals surface area contributed by atoms with E-state index in [4.69, 9.17) is 15.2 Å². The largest absolute Gasteiger partial charge is 0.494 e. The Morgan fingerprint density at radius 2 is 1.71 bits per heavy atom. The first-order valence-corrected chi connectivity index (χ1v) is 11.8. The van der Waals surface area contributed by atoms with Crippen molar-refractivity contribution in [2.24, 2.45) is 10.8 Å². The molecule has 0 amide bonds. The minimum Gasteiger partial charge on any atom is -0.494 e. The summed E-state index contributed by atoms with van der Waals surface area (Å²) in [6.45, 7) is 4.00. The molecule has 2 aliphatic rings. The van der Waals surface area contributed by atoms with Gasteiger partial charge < -0.3 is 20.1 Å². The third kappa shape index (κ3) is 6.06. The highest BCUT2D eigenvalue weighted by atomic mass is 19.4. The van der Waals surface area contributed by atoms with E-state index in [9.17, 15) is 13.2 Å². The van der Waals surface area contributed by atoms with Gasteiger partial charge in [0.15, 0.2) is 5.82 Å². The molecule has 1 saturated heterocycles. The van der Waals surface area contributed by atoms with Crippen molar-refractivity contribution in [2.45, 2.75) is 50.6 Å². The maximum Gasteiger partial charge on any atom is 0.453 e. The molecule has 34 heavy (non-hydrogen) atoms. The molecule has 0 atom stereocenters. The summed E-state index contributed by atoms with van der Waals surface area (Å²) in [6, 6.07) is 8.22. The third-order valence-electron chi connectivity index (χ3n) is 6.17.